The van der Waals surface area contributed by atoms with E-state index in [0.717, 1.165) is 13.1 Å². The van der Waals surface area contributed by atoms with Crippen molar-refractivity contribution in [3.8, 4) is 0 Å². The lowest BCUT2D eigenvalue weighted by Crippen LogP contribution is -2.48. The zero-order valence-electron chi connectivity index (χ0n) is 11.7. The van der Waals surface area contributed by atoms with Crippen molar-refractivity contribution in [3.63, 3.8) is 0 Å². The van der Waals surface area contributed by atoms with Crippen molar-refractivity contribution < 1.29 is 13.6 Å². The average Bonchev–Trinajstić information content (AvgIpc) is 2.43. The Labute approximate surface area is 117 Å². The first-order valence-corrected chi connectivity index (χ1v) is 6.64. The SMILES string of the molecule is Cc1ccc(F)c(NCC(=O)N2CCN(C)CC2)c1F. The molecule has 1 aliphatic heterocycles. The Balaban J connectivity index is 1.95. The van der Waals surface area contributed by atoms with Crippen LogP contribution in [-0.4, -0.2) is 55.5 Å². The minimum absolute atomic E-state index is 0.0962. The largest absolute Gasteiger partial charge is 0.371 e. The summed E-state index contributed by atoms with van der Waals surface area (Å²) >= 11 is 0. The lowest BCUT2D eigenvalue weighted by Gasteiger charge is -2.32. The van der Waals surface area contributed by atoms with E-state index in [9.17, 15) is 13.6 Å². The van der Waals surface area contributed by atoms with Crippen LogP contribution in [0.1, 0.15) is 5.56 Å². The molecule has 0 saturated carbocycles. The summed E-state index contributed by atoms with van der Waals surface area (Å²) in [5, 5.41) is 2.58. The number of benzene rings is 1. The smallest absolute Gasteiger partial charge is 0.241 e. The second-order valence-electron chi connectivity index (χ2n) is 5.09. The van der Waals surface area contributed by atoms with Crippen molar-refractivity contribution in [1.82, 2.24) is 9.80 Å². The standard InChI is InChI=1S/C14H19F2N3O/c1-10-3-4-11(15)14(13(10)16)17-9-12(20)19-7-5-18(2)6-8-19/h3-4,17H,5-9H2,1-2H3. The van der Waals surface area contributed by atoms with Crippen LogP contribution >= 0.6 is 0 Å². The number of carbonyl (C=O) groups is 1. The highest BCUT2D eigenvalue weighted by Crippen LogP contribution is 2.21. The maximum Gasteiger partial charge on any atom is 0.241 e. The van der Waals surface area contributed by atoms with Crippen LogP contribution < -0.4 is 5.32 Å². The molecule has 1 aromatic rings. The van der Waals surface area contributed by atoms with Gasteiger partial charge in [-0.1, -0.05) is 6.07 Å². The number of rotatable bonds is 3. The number of hydrogen-bond acceptors (Lipinski definition) is 3. The van der Waals surface area contributed by atoms with Crippen LogP contribution in [0.4, 0.5) is 14.5 Å². The second kappa shape index (κ2) is 6.17. The van der Waals surface area contributed by atoms with Gasteiger partial charge in [-0.15, -0.1) is 0 Å². The second-order valence-corrected chi connectivity index (χ2v) is 5.09. The van der Waals surface area contributed by atoms with Crippen LogP contribution in [0.25, 0.3) is 0 Å². The van der Waals surface area contributed by atoms with E-state index in [1.165, 1.54) is 12.1 Å². The summed E-state index contributed by atoms with van der Waals surface area (Å²) in [5.41, 5.74) is 0.119. The van der Waals surface area contributed by atoms with Gasteiger partial charge in [0.05, 0.1) is 6.54 Å². The first-order chi connectivity index (χ1) is 9.49. The van der Waals surface area contributed by atoms with Crippen molar-refractivity contribution >= 4 is 11.6 Å². The van der Waals surface area contributed by atoms with Crippen LogP contribution in [-0.2, 0) is 4.79 Å². The Morgan fingerprint density at radius 2 is 1.90 bits per heavy atom. The quantitative estimate of drug-likeness (QED) is 0.912. The fraction of sp³-hybridized carbons (Fsp3) is 0.500. The molecule has 2 rings (SSSR count). The lowest BCUT2D eigenvalue weighted by atomic mass is 10.2. The van der Waals surface area contributed by atoms with Gasteiger partial charge in [0.2, 0.25) is 5.91 Å². The number of amides is 1. The summed E-state index contributed by atoms with van der Waals surface area (Å²) in [4.78, 5) is 15.8. The van der Waals surface area contributed by atoms with Crippen molar-refractivity contribution in [3.05, 3.63) is 29.3 Å². The molecular formula is C14H19F2N3O. The van der Waals surface area contributed by atoms with Crippen LogP contribution in [0.2, 0.25) is 0 Å². The summed E-state index contributed by atoms with van der Waals surface area (Å²) in [6, 6.07) is 2.57. The molecule has 0 atom stereocenters. The van der Waals surface area contributed by atoms with Crippen molar-refractivity contribution in [2.24, 2.45) is 0 Å². The Hall–Kier alpha value is -1.69. The first-order valence-electron chi connectivity index (χ1n) is 6.64. The molecule has 20 heavy (non-hydrogen) atoms. The number of anilines is 1. The number of nitrogens with one attached hydrogen (secondary N) is 1. The molecule has 0 aromatic heterocycles. The van der Waals surface area contributed by atoms with Crippen molar-refractivity contribution in [2.75, 3.05) is 45.1 Å². The third kappa shape index (κ3) is 3.25. The fourth-order valence-corrected chi connectivity index (χ4v) is 2.15. The Morgan fingerprint density at radius 1 is 1.25 bits per heavy atom. The van der Waals surface area contributed by atoms with Gasteiger partial charge in [-0.25, -0.2) is 8.78 Å². The number of nitrogens with zero attached hydrogens (tertiary/aromatic N) is 2. The summed E-state index contributed by atoms with van der Waals surface area (Å²) in [7, 11) is 2.00. The third-order valence-electron chi connectivity index (χ3n) is 3.56. The monoisotopic (exact) mass is 283 g/mol. The van der Waals surface area contributed by atoms with Gasteiger partial charge in [0, 0.05) is 26.2 Å². The van der Waals surface area contributed by atoms with Gasteiger partial charge in [-0.2, -0.15) is 0 Å². The van der Waals surface area contributed by atoms with E-state index in [4.69, 9.17) is 0 Å². The van der Waals surface area contributed by atoms with Gasteiger partial charge < -0.3 is 15.1 Å². The number of aryl methyl sites for hydroxylation is 1. The van der Waals surface area contributed by atoms with Crippen LogP contribution in [0.3, 0.4) is 0 Å². The molecule has 4 nitrogen and oxygen atoms in total. The Kier molecular flexibility index (Phi) is 4.54. The predicted octanol–water partition coefficient (Wildman–Crippen LogP) is 1.46. The van der Waals surface area contributed by atoms with Gasteiger partial charge in [0.15, 0.2) is 5.82 Å². The molecule has 1 aromatic carbocycles. The minimum Gasteiger partial charge on any atom is -0.371 e. The first kappa shape index (κ1) is 14.7. The summed E-state index contributed by atoms with van der Waals surface area (Å²) in [5.74, 6) is -1.46. The minimum atomic E-state index is -0.681. The van der Waals surface area contributed by atoms with E-state index in [1.54, 1.807) is 11.8 Å². The predicted molar refractivity (Wildman–Crippen MR) is 73.7 cm³/mol. The molecule has 1 heterocycles. The number of likely N-dealkylation sites (N-methyl/N-ethyl adjacent to an activating group) is 1. The fourth-order valence-electron chi connectivity index (χ4n) is 2.15. The topological polar surface area (TPSA) is 35.6 Å². The number of carbonyl (C=O) groups excluding carboxylic acids is 1. The summed E-state index contributed by atoms with van der Waals surface area (Å²) in [6.07, 6.45) is 0. The molecule has 0 radical (unpaired) electrons. The molecule has 6 heteroatoms. The third-order valence-corrected chi connectivity index (χ3v) is 3.56. The molecule has 1 aliphatic rings. The molecule has 1 fully saturated rings. The average molecular weight is 283 g/mol. The van der Waals surface area contributed by atoms with E-state index in [1.807, 2.05) is 7.05 Å². The number of piperazine rings is 1. The highest BCUT2D eigenvalue weighted by Gasteiger charge is 2.19. The zero-order chi connectivity index (χ0) is 14.7. The van der Waals surface area contributed by atoms with E-state index in [0.29, 0.717) is 18.7 Å². The molecule has 0 spiro atoms. The number of hydrogen-bond donors (Lipinski definition) is 1. The van der Waals surface area contributed by atoms with Gasteiger partial charge in [-0.3, -0.25) is 4.79 Å². The molecule has 0 unspecified atom stereocenters. The maximum absolute atomic E-state index is 13.8. The van der Waals surface area contributed by atoms with Gasteiger partial charge in [-0.05, 0) is 25.6 Å². The highest BCUT2D eigenvalue weighted by atomic mass is 19.1. The van der Waals surface area contributed by atoms with E-state index in [2.05, 4.69) is 10.2 Å². The van der Waals surface area contributed by atoms with E-state index in [-0.39, 0.29) is 18.1 Å². The molecule has 110 valence electrons. The molecule has 1 N–H and O–H groups in total. The molecule has 0 aliphatic carbocycles. The normalized spacial score (nSPS) is 16.3. The lowest BCUT2D eigenvalue weighted by molar-refractivity contribution is -0.130. The van der Waals surface area contributed by atoms with E-state index < -0.39 is 11.6 Å². The summed E-state index contributed by atoms with van der Waals surface area (Å²) in [6.45, 7) is 4.40. The molecule has 0 bridgehead atoms. The molecule has 1 saturated heterocycles. The van der Waals surface area contributed by atoms with Gasteiger partial charge >= 0.3 is 0 Å². The van der Waals surface area contributed by atoms with Gasteiger partial charge in [0.25, 0.3) is 0 Å². The van der Waals surface area contributed by atoms with Crippen LogP contribution in [0.15, 0.2) is 12.1 Å². The zero-order valence-corrected chi connectivity index (χ0v) is 11.7. The summed E-state index contributed by atoms with van der Waals surface area (Å²) < 4.78 is 27.3. The highest BCUT2D eigenvalue weighted by molar-refractivity contribution is 5.81. The Morgan fingerprint density at radius 3 is 2.55 bits per heavy atom. The van der Waals surface area contributed by atoms with Crippen LogP contribution in [0.5, 0.6) is 0 Å². The van der Waals surface area contributed by atoms with E-state index >= 15 is 0 Å². The molecular weight excluding hydrogens is 264 g/mol. The van der Waals surface area contributed by atoms with Crippen molar-refractivity contribution in [2.45, 2.75) is 6.92 Å². The van der Waals surface area contributed by atoms with Gasteiger partial charge in [0.1, 0.15) is 11.5 Å². The Bertz CT molecular complexity index is 499. The maximum atomic E-state index is 13.8. The van der Waals surface area contributed by atoms with Crippen molar-refractivity contribution in [1.29, 1.82) is 0 Å². The van der Waals surface area contributed by atoms with Crippen LogP contribution in [0, 0.1) is 18.6 Å². The number of halogens is 2. The molecule has 1 amide bonds.